The molecule has 2 aliphatic heterocycles. The summed E-state index contributed by atoms with van der Waals surface area (Å²) < 4.78 is 11.5. The topological polar surface area (TPSA) is 116 Å². The molecule has 0 spiro atoms. The number of halogens is 1. The second-order valence-corrected chi connectivity index (χ2v) is 9.76. The van der Waals surface area contributed by atoms with Crippen molar-refractivity contribution in [3.63, 3.8) is 0 Å². The van der Waals surface area contributed by atoms with Crippen molar-refractivity contribution in [1.82, 2.24) is 5.32 Å². The Labute approximate surface area is 206 Å². The first-order valence-electron chi connectivity index (χ1n) is 10.8. The Morgan fingerprint density at radius 3 is 2.76 bits per heavy atom. The number of nitriles is 1. The molecule has 34 heavy (non-hydrogen) atoms. The molecular formula is C23H24ClN5O4S. The summed E-state index contributed by atoms with van der Waals surface area (Å²) in [6.45, 7) is 4.00. The largest absolute Gasteiger partial charge is 0.379 e. The highest BCUT2D eigenvalue weighted by Crippen LogP contribution is 2.28. The van der Waals surface area contributed by atoms with Gasteiger partial charge in [0, 0.05) is 37.4 Å². The van der Waals surface area contributed by atoms with Crippen molar-refractivity contribution < 1.29 is 19.1 Å². The Bertz CT molecular complexity index is 1150. The molecule has 1 aromatic heterocycles. The van der Waals surface area contributed by atoms with Gasteiger partial charge in [-0.05, 0) is 42.8 Å². The molecule has 1 atom stereocenters. The van der Waals surface area contributed by atoms with Crippen LogP contribution in [0.4, 0.5) is 11.4 Å². The van der Waals surface area contributed by atoms with E-state index in [1.807, 2.05) is 30.1 Å². The number of nitrogens with zero attached hydrogens (tertiary/aromatic N) is 3. The predicted octanol–water partition coefficient (Wildman–Crippen LogP) is 3.34. The first-order valence-corrected chi connectivity index (χ1v) is 12.0. The van der Waals surface area contributed by atoms with Crippen molar-refractivity contribution in [2.75, 3.05) is 43.2 Å². The number of carbonyl (C=O) groups excluding carboxylic acids is 2. The zero-order chi connectivity index (χ0) is 24.1. The van der Waals surface area contributed by atoms with Gasteiger partial charge in [-0.3, -0.25) is 9.59 Å². The molecule has 9 nitrogen and oxygen atoms in total. The van der Waals surface area contributed by atoms with Gasteiger partial charge in [-0.15, -0.1) is 11.3 Å². The van der Waals surface area contributed by atoms with Crippen LogP contribution in [0.5, 0.6) is 0 Å². The van der Waals surface area contributed by atoms with E-state index in [2.05, 4.69) is 15.6 Å². The molecule has 2 saturated heterocycles. The minimum absolute atomic E-state index is 0.0858. The Hall–Kier alpha value is -2.97. The monoisotopic (exact) mass is 501 g/mol. The number of hydrogen-bond acceptors (Lipinski definition) is 7. The van der Waals surface area contributed by atoms with Gasteiger partial charge in [0.25, 0.3) is 11.8 Å². The van der Waals surface area contributed by atoms with Crippen LogP contribution >= 0.6 is 22.9 Å². The molecule has 0 saturated carbocycles. The summed E-state index contributed by atoms with van der Waals surface area (Å²) in [5.74, 6) is -0.0573. The maximum absolute atomic E-state index is 13.3. The number of hydrogen-bond donors (Lipinski definition) is 2. The average molecular weight is 502 g/mol. The summed E-state index contributed by atoms with van der Waals surface area (Å²) in [6, 6.07) is 8.80. The highest BCUT2D eigenvalue weighted by molar-refractivity contribution is 7.18. The molecule has 2 aromatic rings. The number of rotatable bonds is 5. The van der Waals surface area contributed by atoms with E-state index >= 15 is 0 Å². The quantitative estimate of drug-likeness (QED) is 0.607. The van der Waals surface area contributed by atoms with Gasteiger partial charge in [-0.2, -0.15) is 10.3 Å². The standard InChI is InChI=1S/C23H24ClN5O4S/c1-15-12-16(2-3-17(15)29-8-11-32-9-6-20(29)26-14-25)27-22(31)23(7-10-33-13-23)28-21(30)18-4-5-19(24)34-18/h2-5,12H,6-11,13H2,1H3,(H,27,31)(H,28,30)/t23-/m1/s1. The van der Waals surface area contributed by atoms with Crippen molar-refractivity contribution in [2.45, 2.75) is 25.3 Å². The number of anilines is 2. The van der Waals surface area contributed by atoms with Gasteiger partial charge >= 0.3 is 0 Å². The molecule has 178 valence electrons. The Kier molecular flexibility index (Phi) is 7.48. The summed E-state index contributed by atoms with van der Waals surface area (Å²) in [4.78, 5) is 32.4. The number of ether oxygens (including phenoxy) is 2. The Balaban J connectivity index is 1.51. The number of aliphatic imine (C=N–C) groups is 1. The fourth-order valence-corrected chi connectivity index (χ4v) is 4.96. The van der Waals surface area contributed by atoms with Crippen molar-refractivity contribution in [1.29, 1.82) is 5.26 Å². The van der Waals surface area contributed by atoms with E-state index in [4.69, 9.17) is 26.3 Å². The van der Waals surface area contributed by atoms with Gasteiger partial charge in [0.1, 0.15) is 11.4 Å². The summed E-state index contributed by atoms with van der Waals surface area (Å²) >= 11 is 7.10. The van der Waals surface area contributed by atoms with Crippen LogP contribution < -0.4 is 15.5 Å². The van der Waals surface area contributed by atoms with E-state index in [-0.39, 0.29) is 18.4 Å². The van der Waals surface area contributed by atoms with Crippen LogP contribution in [0.3, 0.4) is 0 Å². The summed E-state index contributed by atoms with van der Waals surface area (Å²) in [7, 11) is 0. The lowest BCUT2D eigenvalue weighted by molar-refractivity contribution is -0.122. The molecule has 0 aliphatic carbocycles. The predicted molar refractivity (Wildman–Crippen MR) is 131 cm³/mol. The third kappa shape index (κ3) is 5.23. The minimum atomic E-state index is -1.17. The van der Waals surface area contributed by atoms with Crippen LogP contribution in [-0.2, 0) is 14.3 Å². The summed E-state index contributed by atoms with van der Waals surface area (Å²) in [5, 5.41) is 14.8. The van der Waals surface area contributed by atoms with E-state index in [9.17, 15) is 9.59 Å². The molecule has 2 fully saturated rings. The molecule has 2 N–H and O–H groups in total. The van der Waals surface area contributed by atoms with Gasteiger partial charge in [0.15, 0.2) is 0 Å². The van der Waals surface area contributed by atoms with Crippen molar-refractivity contribution in [3.05, 3.63) is 45.1 Å². The Morgan fingerprint density at radius 2 is 2.09 bits per heavy atom. The SMILES string of the molecule is Cc1cc(NC(=O)[C@@]2(NC(=O)c3ccc(Cl)s3)CCOC2)ccc1N1CCOCCC1=NC#N. The summed E-state index contributed by atoms with van der Waals surface area (Å²) in [5.41, 5.74) is 1.21. The van der Waals surface area contributed by atoms with Gasteiger partial charge in [0.05, 0.1) is 29.0 Å². The van der Waals surface area contributed by atoms with Crippen molar-refractivity contribution >= 4 is 52.0 Å². The molecule has 0 bridgehead atoms. The van der Waals surface area contributed by atoms with E-state index < -0.39 is 5.54 Å². The fourth-order valence-electron chi connectivity index (χ4n) is 4.02. The zero-order valence-corrected chi connectivity index (χ0v) is 20.2. The van der Waals surface area contributed by atoms with Crippen LogP contribution in [0.2, 0.25) is 4.34 Å². The molecular weight excluding hydrogens is 478 g/mol. The summed E-state index contributed by atoms with van der Waals surface area (Å²) in [6.07, 6.45) is 2.78. The van der Waals surface area contributed by atoms with E-state index in [1.54, 1.807) is 18.2 Å². The molecule has 0 unspecified atom stereocenters. The second kappa shape index (κ2) is 10.5. The number of amidine groups is 1. The van der Waals surface area contributed by atoms with E-state index in [1.165, 1.54) is 0 Å². The third-order valence-electron chi connectivity index (χ3n) is 5.77. The average Bonchev–Trinajstić information content (AvgIpc) is 3.40. The van der Waals surface area contributed by atoms with Crippen LogP contribution in [0.1, 0.15) is 28.1 Å². The van der Waals surface area contributed by atoms with Gasteiger partial charge in [-0.1, -0.05) is 11.6 Å². The maximum Gasteiger partial charge on any atom is 0.262 e. The maximum atomic E-state index is 13.3. The molecule has 11 heteroatoms. The Morgan fingerprint density at radius 1 is 1.24 bits per heavy atom. The van der Waals surface area contributed by atoms with Crippen LogP contribution in [0.25, 0.3) is 0 Å². The molecule has 2 amide bonds. The highest BCUT2D eigenvalue weighted by Gasteiger charge is 2.44. The van der Waals surface area contributed by atoms with Crippen LogP contribution in [0.15, 0.2) is 35.3 Å². The van der Waals surface area contributed by atoms with Gasteiger partial charge in [0.2, 0.25) is 6.19 Å². The third-order valence-corrected chi connectivity index (χ3v) is 7.00. The number of carbonyl (C=O) groups is 2. The van der Waals surface area contributed by atoms with Crippen molar-refractivity contribution in [2.24, 2.45) is 4.99 Å². The zero-order valence-electron chi connectivity index (χ0n) is 18.6. The molecule has 3 heterocycles. The van der Waals surface area contributed by atoms with Gasteiger partial charge < -0.3 is 25.0 Å². The smallest absolute Gasteiger partial charge is 0.262 e. The van der Waals surface area contributed by atoms with Gasteiger partial charge in [-0.25, -0.2) is 0 Å². The lowest BCUT2D eigenvalue weighted by atomic mass is 9.96. The van der Waals surface area contributed by atoms with Crippen LogP contribution in [-0.4, -0.2) is 56.2 Å². The number of nitrogens with one attached hydrogen (secondary N) is 2. The molecule has 1 aromatic carbocycles. The molecule has 0 radical (unpaired) electrons. The molecule has 2 aliphatic rings. The van der Waals surface area contributed by atoms with E-state index in [0.29, 0.717) is 59.9 Å². The normalized spacial score (nSPS) is 21.7. The number of thiophene rings is 1. The number of benzene rings is 1. The van der Waals surface area contributed by atoms with E-state index in [0.717, 1.165) is 22.6 Å². The number of amides is 2. The van der Waals surface area contributed by atoms with Crippen LogP contribution in [0, 0.1) is 18.4 Å². The number of aryl methyl sites for hydroxylation is 1. The highest BCUT2D eigenvalue weighted by atomic mass is 35.5. The lowest BCUT2D eigenvalue weighted by Gasteiger charge is -2.28. The first kappa shape index (κ1) is 24.2. The van der Waals surface area contributed by atoms with Crippen molar-refractivity contribution in [3.8, 4) is 6.19 Å². The lowest BCUT2D eigenvalue weighted by Crippen LogP contribution is -2.57. The second-order valence-electron chi connectivity index (χ2n) is 8.04. The first-order chi connectivity index (χ1) is 16.4. The molecule has 4 rings (SSSR count). The fraction of sp³-hybridized carbons (Fsp3) is 0.391. The minimum Gasteiger partial charge on any atom is -0.379 e.